The van der Waals surface area contributed by atoms with Gasteiger partial charge >= 0.3 is 5.97 Å². The summed E-state index contributed by atoms with van der Waals surface area (Å²) >= 11 is 3.42. The van der Waals surface area contributed by atoms with Crippen LogP contribution >= 0.6 is 15.9 Å². The molecule has 0 bridgehead atoms. The van der Waals surface area contributed by atoms with E-state index in [1.807, 2.05) is 50.2 Å². The van der Waals surface area contributed by atoms with Crippen molar-refractivity contribution in [3.05, 3.63) is 52.0 Å². The van der Waals surface area contributed by atoms with Crippen molar-refractivity contribution in [1.29, 1.82) is 0 Å². The minimum absolute atomic E-state index is 0.368. The molecule has 0 aliphatic rings. The van der Waals surface area contributed by atoms with Crippen molar-refractivity contribution in [2.75, 3.05) is 12.3 Å². The van der Waals surface area contributed by atoms with Crippen LogP contribution in [0, 0.1) is 6.92 Å². The van der Waals surface area contributed by atoms with E-state index in [2.05, 4.69) is 15.9 Å². The standard InChI is InChI=1S/C17H18BrNO2/c1-3-8-21-17(20)15-10-14(11(2)9-16(15)19)12-4-6-13(18)7-5-12/h4-7,9-10H,3,8,19H2,1-2H3. The fourth-order valence-electron chi connectivity index (χ4n) is 2.12. The number of carbonyl (C=O) groups is 1. The first kappa shape index (κ1) is 15.6. The number of nitrogens with two attached hydrogens (primary N) is 1. The van der Waals surface area contributed by atoms with E-state index in [1.165, 1.54) is 0 Å². The number of hydrogen-bond acceptors (Lipinski definition) is 3. The van der Waals surface area contributed by atoms with Gasteiger partial charge in [0.1, 0.15) is 0 Å². The van der Waals surface area contributed by atoms with Crippen LogP contribution in [0.2, 0.25) is 0 Å². The molecule has 21 heavy (non-hydrogen) atoms. The summed E-state index contributed by atoms with van der Waals surface area (Å²) in [6.45, 7) is 4.34. The van der Waals surface area contributed by atoms with Gasteiger partial charge in [-0.2, -0.15) is 0 Å². The molecule has 0 radical (unpaired) electrons. The third kappa shape index (κ3) is 3.64. The lowest BCUT2D eigenvalue weighted by molar-refractivity contribution is 0.0506. The minimum atomic E-state index is -0.368. The normalized spacial score (nSPS) is 10.4. The van der Waals surface area contributed by atoms with Crippen molar-refractivity contribution in [3.63, 3.8) is 0 Å². The van der Waals surface area contributed by atoms with E-state index in [4.69, 9.17) is 10.5 Å². The highest BCUT2D eigenvalue weighted by Crippen LogP contribution is 2.29. The van der Waals surface area contributed by atoms with Crippen LogP contribution in [0.1, 0.15) is 29.3 Å². The fourth-order valence-corrected chi connectivity index (χ4v) is 2.38. The zero-order valence-electron chi connectivity index (χ0n) is 12.2. The second-order valence-corrected chi connectivity index (χ2v) is 5.81. The predicted molar refractivity (Wildman–Crippen MR) is 89.3 cm³/mol. The molecule has 110 valence electrons. The maximum absolute atomic E-state index is 12.1. The van der Waals surface area contributed by atoms with Crippen LogP contribution < -0.4 is 5.73 Å². The van der Waals surface area contributed by atoms with Gasteiger partial charge in [0.25, 0.3) is 0 Å². The molecule has 0 atom stereocenters. The number of halogens is 1. The van der Waals surface area contributed by atoms with Gasteiger partial charge in [-0.05, 0) is 54.3 Å². The molecule has 0 saturated heterocycles. The summed E-state index contributed by atoms with van der Waals surface area (Å²) in [6.07, 6.45) is 0.789. The lowest BCUT2D eigenvalue weighted by Gasteiger charge is -2.12. The molecule has 0 amide bonds. The molecule has 0 unspecified atom stereocenters. The second kappa shape index (κ2) is 6.76. The first-order chi connectivity index (χ1) is 10.0. The average molecular weight is 348 g/mol. The van der Waals surface area contributed by atoms with Crippen molar-refractivity contribution >= 4 is 27.6 Å². The van der Waals surface area contributed by atoms with E-state index in [0.717, 1.165) is 27.6 Å². The highest BCUT2D eigenvalue weighted by atomic mass is 79.9. The third-order valence-electron chi connectivity index (χ3n) is 3.21. The SMILES string of the molecule is CCCOC(=O)c1cc(-c2ccc(Br)cc2)c(C)cc1N. The second-order valence-electron chi connectivity index (χ2n) is 4.90. The molecule has 4 heteroatoms. The molecule has 2 aromatic rings. The van der Waals surface area contributed by atoms with Crippen LogP contribution in [0.25, 0.3) is 11.1 Å². The van der Waals surface area contributed by atoms with Gasteiger partial charge in [0.2, 0.25) is 0 Å². The zero-order valence-corrected chi connectivity index (χ0v) is 13.7. The fraction of sp³-hybridized carbons (Fsp3) is 0.235. The topological polar surface area (TPSA) is 52.3 Å². The number of ether oxygens (including phenoxy) is 1. The smallest absolute Gasteiger partial charge is 0.340 e. The summed E-state index contributed by atoms with van der Waals surface area (Å²) in [7, 11) is 0. The van der Waals surface area contributed by atoms with E-state index in [-0.39, 0.29) is 5.97 Å². The van der Waals surface area contributed by atoms with E-state index < -0.39 is 0 Å². The monoisotopic (exact) mass is 347 g/mol. The highest BCUT2D eigenvalue weighted by molar-refractivity contribution is 9.10. The van der Waals surface area contributed by atoms with Gasteiger partial charge < -0.3 is 10.5 Å². The van der Waals surface area contributed by atoms with E-state index in [0.29, 0.717) is 17.9 Å². The number of rotatable bonds is 4. The number of aryl methyl sites for hydroxylation is 1. The number of esters is 1. The summed E-state index contributed by atoms with van der Waals surface area (Å²) in [5.41, 5.74) is 9.89. The van der Waals surface area contributed by atoms with Crippen LogP contribution in [-0.2, 0) is 4.74 Å². The highest BCUT2D eigenvalue weighted by Gasteiger charge is 2.14. The Kier molecular flexibility index (Phi) is 5.02. The number of hydrogen-bond donors (Lipinski definition) is 1. The molecule has 0 aromatic heterocycles. The molecule has 0 aliphatic carbocycles. The average Bonchev–Trinajstić information content (AvgIpc) is 2.46. The maximum atomic E-state index is 12.1. The van der Waals surface area contributed by atoms with Gasteiger partial charge in [0.05, 0.1) is 12.2 Å². The quantitative estimate of drug-likeness (QED) is 0.650. The Bertz CT molecular complexity index is 651. The Balaban J connectivity index is 2.43. The molecule has 2 aromatic carbocycles. The van der Waals surface area contributed by atoms with E-state index in [1.54, 1.807) is 0 Å². The molecule has 0 heterocycles. The molecular formula is C17H18BrNO2. The van der Waals surface area contributed by atoms with Gasteiger partial charge in [0.15, 0.2) is 0 Å². The largest absolute Gasteiger partial charge is 0.462 e. The van der Waals surface area contributed by atoms with Crippen LogP contribution in [0.15, 0.2) is 40.9 Å². The number of benzene rings is 2. The lowest BCUT2D eigenvalue weighted by Crippen LogP contribution is -2.09. The van der Waals surface area contributed by atoms with Crippen LogP contribution in [0.3, 0.4) is 0 Å². The van der Waals surface area contributed by atoms with Gasteiger partial charge in [-0.15, -0.1) is 0 Å². The minimum Gasteiger partial charge on any atom is -0.462 e. The van der Waals surface area contributed by atoms with Gasteiger partial charge in [0, 0.05) is 10.2 Å². The van der Waals surface area contributed by atoms with Crippen molar-refractivity contribution < 1.29 is 9.53 Å². The zero-order chi connectivity index (χ0) is 15.4. The van der Waals surface area contributed by atoms with Gasteiger partial charge in [-0.3, -0.25) is 0 Å². The van der Waals surface area contributed by atoms with E-state index in [9.17, 15) is 4.79 Å². The number of carbonyl (C=O) groups excluding carboxylic acids is 1. The molecule has 2 rings (SSSR count). The maximum Gasteiger partial charge on any atom is 0.340 e. The Morgan fingerprint density at radius 2 is 1.90 bits per heavy atom. The van der Waals surface area contributed by atoms with Crippen molar-refractivity contribution in [1.82, 2.24) is 0 Å². The molecular weight excluding hydrogens is 330 g/mol. The molecule has 0 saturated carbocycles. The summed E-state index contributed by atoms with van der Waals surface area (Å²) in [5.74, 6) is -0.368. The molecule has 3 nitrogen and oxygen atoms in total. The Morgan fingerprint density at radius 3 is 2.52 bits per heavy atom. The predicted octanol–water partition coefficient (Wildman–Crippen LogP) is 4.57. The number of nitrogen functional groups attached to an aromatic ring is 1. The summed E-state index contributed by atoms with van der Waals surface area (Å²) in [4.78, 5) is 12.1. The van der Waals surface area contributed by atoms with Crippen molar-refractivity contribution in [2.24, 2.45) is 0 Å². The Morgan fingerprint density at radius 1 is 1.24 bits per heavy atom. The Labute approximate surface area is 133 Å². The van der Waals surface area contributed by atoms with Crippen molar-refractivity contribution in [2.45, 2.75) is 20.3 Å². The van der Waals surface area contributed by atoms with Crippen LogP contribution in [-0.4, -0.2) is 12.6 Å². The first-order valence-electron chi connectivity index (χ1n) is 6.86. The molecule has 0 aliphatic heterocycles. The lowest BCUT2D eigenvalue weighted by atomic mass is 9.97. The van der Waals surface area contributed by atoms with E-state index >= 15 is 0 Å². The molecule has 2 N–H and O–H groups in total. The molecule has 0 spiro atoms. The third-order valence-corrected chi connectivity index (χ3v) is 3.74. The molecule has 0 fully saturated rings. The van der Waals surface area contributed by atoms with Crippen LogP contribution in [0.5, 0.6) is 0 Å². The van der Waals surface area contributed by atoms with Crippen molar-refractivity contribution in [3.8, 4) is 11.1 Å². The Hall–Kier alpha value is -1.81. The van der Waals surface area contributed by atoms with Crippen LogP contribution in [0.4, 0.5) is 5.69 Å². The number of anilines is 1. The summed E-state index contributed by atoms with van der Waals surface area (Å²) in [5, 5.41) is 0. The summed E-state index contributed by atoms with van der Waals surface area (Å²) in [6, 6.07) is 11.6. The summed E-state index contributed by atoms with van der Waals surface area (Å²) < 4.78 is 6.20. The first-order valence-corrected chi connectivity index (χ1v) is 7.65. The van der Waals surface area contributed by atoms with Gasteiger partial charge in [-0.25, -0.2) is 4.79 Å². The van der Waals surface area contributed by atoms with Gasteiger partial charge in [-0.1, -0.05) is 35.0 Å².